The van der Waals surface area contributed by atoms with E-state index in [1.54, 1.807) is 24.3 Å². The van der Waals surface area contributed by atoms with Crippen molar-refractivity contribution in [3.8, 4) is 6.07 Å². The van der Waals surface area contributed by atoms with Gasteiger partial charge in [0.05, 0.1) is 18.2 Å². The van der Waals surface area contributed by atoms with Gasteiger partial charge in [-0.2, -0.15) is 5.26 Å². The molecular weight excluding hydrogens is 266 g/mol. The lowest BCUT2D eigenvalue weighted by molar-refractivity contribution is -0.209. The quantitative estimate of drug-likeness (QED) is 0.807. The normalized spacial score (nSPS) is 20.2. The van der Waals surface area contributed by atoms with Crippen molar-refractivity contribution < 1.29 is 14.3 Å². The van der Waals surface area contributed by atoms with E-state index in [1.807, 2.05) is 30.3 Å². The van der Waals surface area contributed by atoms with Crippen molar-refractivity contribution in [2.75, 3.05) is 0 Å². The number of hydrogen-bond acceptors (Lipinski definition) is 4. The van der Waals surface area contributed by atoms with E-state index >= 15 is 0 Å². The fourth-order valence-electron chi connectivity index (χ4n) is 2.21. The van der Waals surface area contributed by atoms with Gasteiger partial charge in [-0.1, -0.05) is 42.5 Å². The number of benzene rings is 2. The van der Waals surface area contributed by atoms with E-state index in [9.17, 15) is 4.79 Å². The molecule has 3 rings (SSSR count). The van der Waals surface area contributed by atoms with Gasteiger partial charge in [0.1, 0.15) is 0 Å². The van der Waals surface area contributed by atoms with Gasteiger partial charge >= 0.3 is 5.97 Å². The summed E-state index contributed by atoms with van der Waals surface area (Å²) in [5.41, 5.74) is 2.42. The van der Waals surface area contributed by atoms with Crippen LogP contribution in [0.4, 0.5) is 0 Å². The lowest BCUT2D eigenvalue weighted by atomic mass is 9.98. The molecule has 0 radical (unpaired) electrons. The van der Waals surface area contributed by atoms with Crippen LogP contribution in [0.5, 0.6) is 0 Å². The number of hydrogen-bond donors (Lipinski definition) is 0. The van der Waals surface area contributed by atoms with E-state index < -0.39 is 12.2 Å². The lowest BCUT2D eigenvalue weighted by Crippen LogP contribution is -2.45. The standard InChI is InChI=1S/C17H13NO3/c18-10-12-6-8-14(9-7-12)15-16(17(19)21-15)20-11-13-4-2-1-3-5-13/h1-9,15-16H,11H2/t15-,16+/m1/s1. The molecule has 0 spiro atoms. The third-order valence-corrected chi connectivity index (χ3v) is 3.39. The number of ether oxygens (including phenoxy) is 2. The number of rotatable bonds is 4. The maximum atomic E-state index is 11.6. The molecule has 1 heterocycles. The molecule has 0 saturated carbocycles. The maximum Gasteiger partial charge on any atom is 0.340 e. The molecule has 0 aromatic heterocycles. The minimum absolute atomic E-state index is 0.347. The second-order valence-corrected chi connectivity index (χ2v) is 4.81. The number of esters is 1. The van der Waals surface area contributed by atoms with Crippen LogP contribution in [0.2, 0.25) is 0 Å². The fourth-order valence-corrected chi connectivity index (χ4v) is 2.21. The molecule has 104 valence electrons. The molecule has 0 bridgehead atoms. The summed E-state index contributed by atoms with van der Waals surface area (Å²) in [6.45, 7) is 0.368. The van der Waals surface area contributed by atoms with Gasteiger partial charge < -0.3 is 9.47 Å². The summed E-state index contributed by atoms with van der Waals surface area (Å²) in [7, 11) is 0. The highest BCUT2D eigenvalue weighted by Gasteiger charge is 2.44. The van der Waals surface area contributed by atoms with Gasteiger partial charge in [0.25, 0.3) is 0 Å². The smallest absolute Gasteiger partial charge is 0.340 e. The van der Waals surface area contributed by atoms with Crippen molar-refractivity contribution in [1.82, 2.24) is 0 Å². The Morgan fingerprint density at radius 2 is 1.81 bits per heavy atom. The van der Waals surface area contributed by atoms with Crippen molar-refractivity contribution in [1.29, 1.82) is 5.26 Å². The van der Waals surface area contributed by atoms with Crippen LogP contribution in [0.3, 0.4) is 0 Å². The minimum Gasteiger partial charge on any atom is -0.452 e. The second-order valence-electron chi connectivity index (χ2n) is 4.81. The van der Waals surface area contributed by atoms with Gasteiger partial charge in [-0.05, 0) is 23.3 Å². The predicted molar refractivity (Wildman–Crippen MR) is 75.0 cm³/mol. The molecule has 2 aromatic carbocycles. The summed E-state index contributed by atoms with van der Waals surface area (Å²) in [4.78, 5) is 11.6. The van der Waals surface area contributed by atoms with Crippen LogP contribution in [0.1, 0.15) is 22.8 Å². The molecule has 1 aliphatic rings. The SMILES string of the molecule is N#Cc1ccc([C@H]2OC(=O)[C@H]2OCc2ccccc2)cc1. The molecule has 21 heavy (non-hydrogen) atoms. The van der Waals surface area contributed by atoms with Crippen LogP contribution in [0.25, 0.3) is 0 Å². The second kappa shape index (κ2) is 5.78. The zero-order chi connectivity index (χ0) is 14.7. The van der Waals surface area contributed by atoms with Gasteiger partial charge in [0, 0.05) is 0 Å². The minimum atomic E-state index is -0.585. The van der Waals surface area contributed by atoms with E-state index in [0.717, 1.165) is 11.1 Å². The molecule has 0 unspecified atom stereocenters. The molecule has 0 N–H and O–H groups in total. The zero-order valence-electron chi connectivity index (χ0n) is 11.2. The average Bonchev–Trinajstić information content (AvgIpc) is 2.54. The molecule has 4 heteroatoms. The highest BCUT2D eigenvalue weighted by atomic mass is 16.6. The van der Waals surface area contributed by atoms with Gasteiger partial charge in [-0.3, -0.25) is 0 Å². The Kier molecular flexibility index (Phi) is 3.67. The Labute approximate surface area is 122 Å². The van der Waals surface area contributed by atoms with Gasteiger partial charge in [-0.25, -0.2) is 4.79 Å². The summed E-state index contributed by atoms with van der Waals surface area (Å²) in [5.74, 6) is -0.347. The predicted octanol–water partition coefficient (Wildman–Crippen LogP) is 2.74. The molecule has 1 saturated heterocycles. The fraction of sp³-hybridized carbons (Fsp3) is 0.176. The topological polar surface area (TPSA) is 59.3 Å². The highest BCUT2D eigenvalue weighted by Crippen LogP contribution is 2.34. The summed E-state index contributed by atoms with van der Waals surface area (Å²) in [6.07, 6.45) is -0.980. The van der Waals surface area contributed by atoms with Gasteiger partial charge in [0.15, 0.2) is 12.2 Å². The van der Waals surface area contributed by atoms with Crippen LogP contribution >= 0.6 is 0 Å². The molecule has 1 fully saturated rings. The Bertz CT molecular complexity index is 673. The van der Waals surface area contributed by atoms with Crippen LogP contribution in [-0.4, -0.2) is 12.1 Å². The number of cyclic esters (lactones) is 1. The third-order valence-electron chi connectivity index (χ3n) is 3.39. The van der Waals surface area contributed by atoms with E-state index in [1.165, 1.54) is 0 Å². The first-order valence-electron chi connectivity index (χ1n) is 6.64. The molecule has 0 amide bonds. The van der Waals surface area contributed by atoms with Crippen molar-refractivity contribution in [2.24, 2.45) is 0 Å². The first-order chi connectivity index (χ1) is 10.3. The van der Waals surface area contributed by atoms with Crippen molar-refractivity contribution in [3.05, 3.63) is 71.3 Å². The van der Waals surface area contributed by atoms with Crippen molar-refractivity contribution in [3.63, 3.8) is 0 Å². The first-order valence-corrected chi connectivity index (χ1v) is 6.64. The van der Waals surface area contributed by atoms with Gasteiger partial charge in [0.2, 0.25) is 0 Å². The monoisotopic (exact) mass is 279 g/mol. The Morgan fingerprint density at radius 1 is 1.10 bits per heavy atom. The highest BCUT2D eigenvalue weighted by molar-refractivity contribution is 5.81. The van der Waals surface area contributed by atoms with E-state index in [0.29, 0.717) is 12.2 Å². The number of nitrogens with zero attached hydrogens (tertiary/aromatic N) is 1. The Morgan fingerprint density at radius 3 is 2.43 bits per heavy atom. The van der Waals surface area contributed by atoms with Crippen LogP contribution in [0, 0.1) is 11.3 Å². The average molecular weight is 279 g/mol. The van der Waals surface area contributed by atoms with E-state index in [-0.39, 0.29) is 5.97 Å². The first kappa shape index (κ1) is 13.3. The molecular formula is C17H13NO3. The maximum absolute atomic E-state index is 11.6. The van der Waals surface area contributed by atoms with Crippen LogP contribution in [0.15, 0.2) is 54.6 Å². The summed E-state index contributed by atoms with van der Waals surface area (Å²) in [5, 5.41) is 8.78. The summed E-state index contributed by atoms with van der Waals surface area (Å²) in [6, 6.07) is 18.7. The largest absolute Gasteiger partial charge is 0.452 e. The Balaban J connectivity index is 1.66. The zero-order valence-corrected chi connectivity index (χ0v) is 11.2. The number of carbonyl (C=O) groups is 1. The molecule has 1 aliphatic heterocycles. The molecule has 2 aromatic rings. The Hall–Kier alpha value is -2.64. The van der Waals surface area contributed by atoms with Crippen molar-refractivity contribution >= 4 is 5.97 Å². The van der Waals surface area contributed by atoms with E-state index in [2.05, 4.69) is 6.07 Å². The van der Waals surface area contributed by atoms with Crippen LogP contribution in [-0.2, 0) is 20.9 Å². The third kappa shape index (κ3) is 2.78. The molecule has 0 aliphatic carbocycles. The lowest BCUT2D eigenvalue weighted by Gasteiger charge is -2.35. The summed E-state index contributed by atoms with van der Waals surface area (Å²) >= 11 is 0. The van der Waals surface area contributed by atoms with E-state index in [4.69, 9.17) is 14.7 Å². The molecule has 2 atom stereocenters. The van der Waals surface area contributed by atoms with Crippen molar-refractivity contribution in [2.45, 2.75) is 18.8 Å². The van der Waals surface area contributed by atoms with Gasteiger partial charge in [-0.15, -0.1) is 0 Å². The number of nitriles is 1. The molecule has 4 nitrogen and oxygen atoms in total. The van der Waals surface area contributed by atoms with Crippen LogP contribution < -0.4 is 0 Å². The number of carbonyl (C=O) groups excluding carboxylic acids is 1. The summed E-state index contributed by atoms with van der Waals surface area (Å²) < 4.78 is 10.8.